The predicted octanol–water partition coefficient (Wildman–Crippen LogP) is 3.94. The van der Waals surface area contributed by atoms with Crippen molar-refractivity contribution in [2.75, 3.05) is 5.32 Å². The lowest BCUT2D eigenvalue weighted by atomic mass is 10.2. The molecule has 28 heavy (non-hydrogen) atoms. The molecule has 4 rings (SSSR count). The van der Waals surface area contributed by atoms with E-state index in [9.17, 15) is 4.79 Å². The molecular weight excluding hydrogens is 352 g/mol. The molecule has 1 aromatic carbocycles. The molecule has 3 heterocycles. The number of aryl methyl sites for hydroxylation is 2. The van der Waals surface area contributed by atoms with Gasteiger partial charge in [0, 0.05) is 36.2 Å². The Labute approximate surface area is 163 Å². The molecule has 4 aromatic rings. The van der Waals surface area contributed by atoms with Gasteiger partial charge in [-0.3, -0.25) is 14.2 Å². The summed E-state index contributed by atoms with van der Waals surface area (Å²) in [4.78, 5) is 12.5. The molecule has 0 saturated carbocycles. The number of amides is 1. The lowest BCUT2D eigenvalue weighted by Gasteiger charge is -2.09. The van der Waals surface area contributed by atoms with Crippen LogP contribution in [0.1, 0.15) is 32.0 Å². The van der Waals surface area contributed by atoms with E-state index in [0.717, 1.165) is 28.1 Å². The van der Waals surface area contributed by atoms with E-state index in [-0.39, 0.29) is 11.9 Å². The fourth-order valence-electron chi connectivity index (χ4n) is 3.42. The van der Waals surface area contributed by atoms with Gasteiger partial charge in [-0.2, -0.15) is 10.2 Å². The van der Waals surface area contributed by atoms with Gasteiger partial charge in [0.05, 0.1) is 18.4 Å². The Kier molecular flexibility index (Phi) is 4.73. The summed E-state index contributed by atoms with van der Waals surface area (Å²) in [5.41, 5.74) is 4.73. The van der Waals surface area contributed by atoms with E-state index in [1.807, 2.05) is 75.8 Å². The highest BCUT2D eigenvalue weighted by Crippen LogP contribution is 2.21. The zero-order valence-electron chi connectivity index (χ0n) is 16.3. The Morgan fingerprint density at radius 1 is 1.18 bits per heavy atom. The van der Waals surface area contributed by atoms with Crippen molar-refractivity contribution in [1.29, 1.82) is 0 Å². The number of aromatic nitrogens is 5. The third-order valence-corrected chi connectivity index (χ3v) is 4.74. The van der Waals surface area contributed by atoms with Gasteiger partial charge in [-0.05, 0) is 51.1 Å². The van der Waals surface area contributed by atoms with Gasteiger partial charge in [-0.25, -0.2) is 0 Å². The minimum Gasteiger partial charge on any atom is -0.326 e. The zero-order valence-corrected chi connectivity index (χ0v) is 16.3. The summed E-state index contributed by atoms with van der Waals surface area (Å²) in [7, 11) is 0. The second-order valence-electron chi connectivity index (χ2n) is 7.16. The van der Waals surface area contributed by atoms with Gasteiger partial charge >= 0.3 is 0 Å². The molecule has 0 aliphatic carbocycles. The van der Waals surface area contributed by atoms with Crippen LogP contribution in [0.25, 0.3) is 16.7 Å². The Bertz CT molecular complexity index is 1100. The van der Waals surface area contributed by atoms with Crippen LogP contribution in [-0.4, -0.2) is 30.0 Å². The number of nitrogens with one attached hydrogen (secondary N) is 1. The lowest BCUT2D eigenvalue weighted by Crippen LogP contribution is -2.15. The van der Waals surface area contributed by atoms with Crippen LogP contribution >= 0.6 is 0 Å². The van der Waals surface area contributed by atoms with Gasteiger partial charge in [0.1, 0.15) is 11.0 Å². The Morgan fingerprint density at radius 2 is 1.96 bits per heavy atom. The zero-order chi connectivity index (χ0) is 19.7. The van der Waals surface area contributed by atoms with Crippen molar-refractivity contribution in [3.8, 4) is 5.69 Å². The van der Waals surface area contributed by atoms with Gasteiger partial charge in [0.15, 0.2) is 0 Å². The standard InChI is InChI=1S/C21H24N6O/c1-15(2)27-19-14-22-26(21(19)16(3)24-27)12-9-20(28)23-17-7-6-8-18(13-17)25-10-4-5-11-25/h4-8,10-11,13-15H,9,12H2,1-3H3,(H,23,28). The van der Waals surface area contributed by atoms with Crippen LogP contribution < -0.4 is 5.32 Å². The smallest absolute Gasteiger partial charge is 0.226 e. The van der Waals surface area contributed by atoms with E-state index in [2.05, 4.69) is 29.4 Å². The van der Waals surface area contributed by atoms with Crippen molar-refractivity contribution >= 4 is 22.6 Å². The van der Waals surface area contributed by atoms with Crippen LogP contribution in [0.3, 0.4) is 0 Å². The van der Waals surface area contributed by atoms with Crippen molar-refractivity contribution in [3.05, 3.63) is 60.7 Å². The minimum atomic E-state index is -0.0396. The number of carbonyl (C=O) groups is 1. The van der Waals surface area contributed by atoms with Gasteiger partial charge < -0.3 is 9.88 Å². The molecule has 0 unspecified atom stereocenters. The fourth-order valence-corrected chi connectivity index (χ4v) is 3.42. The quantitative estimate of drug-likeness (QED) is 0.554. The largest absolute Gasteiger partial charge is 0.326 e. The van der Waals surface area contributed by atoms with Crippen LogP contribution in [0.2, 0.25) is 0 Å². The Hall–Kier alpha value is -3.35. The average Bonchev–Trinajstić information content (AvgIpc) is 3.39. The molecule has 7 nitrogen and oxygen atoms in total. The summed E-state index contributed by atoms with van der Waals surface area (Å²) in [6, 6.07) is 12.0. The van der Waals surface area contributed by atoms with E-state index in [1.165, 1.54) is 0 Å². The molecule has 7 heteroatoms. The van der Waals surface area contributed by atoms with Gasteiger partial charge in [0.25, 0.3) is 0 Å². The fraction of sp³-hybridized carbons (Fsp3) is 0.286. The summed E-state index contributed by atoms with van der Waals surface area (Å²) in [6.07, 6.45) is 6.12. The monoisotopic (exact) mass is 376 g/mol. The number of benzene rings is 1. The van der Waals surface area contributed by atoms with Gasteiger partial charge in [0.2, 0.25) is 5.91 Å². The molecule has 0 radical (unpaired) electrons. The van der Waals surface area contributed by atoms with Crippen LogP contribution in [0.5, 0.6) is 0 Å². The number of hydrogen-bond donors (Lipinski definition) is 1. The third-order valence-electron chi connectivity index (χ3n) is 4.74. The number of anilines is 1. The maximum absolute atomic E-state index is 12.5. The molecule has 1 amide bonds. The molecule has 1 N–H and O–H groups in total. The summed E-state index contributed by atoms with van der Waals surface area (Å²) in [6.45, 7) is 6.68. The van der Waals surface area contributed by atoms with Crippen LogP contribution in [0.15, 0.2) is 55.0 Å². The lowest BCUT2D eigenvalue weighted by molar-refractivity contribution is -0.116. The molecule has 0 fully saturated rings. The second kappa shape index (κ2) is 7.34. The molecule has 144 valence electrons. The second-order valence-corrected chi connectivity index (χ2v) is 7.16. The van der Waals surface area contributed by atoms with Gasteiger partial charge in [-0.1, -0.05) is 6.07 Å². The van der Waals surface area contributed by atoms with Crippen LogP contribution in [0.4, 0.5) is 5.69 Å². The highest BCUT2D eigenvalue weighted by Gasteiger charge is 2.15. The van der Waals surface area contributed by atoms with E-state index in [0.29, 0.717) is 13.0 Å². The van der Waals surface area contributed by atoms with Crippen molar-refractivity contribution < 1.29 is 4.79 Å². The molecular formula is C21H24N6O. The number of fused-ring (bicyclic) bond motifs is 1. The SMILES string of the molecule is Cc1nn(C(C)C)c2cnn(CCC(=O)Nc3cccc(-n4cccc4)c3)c12. The molecule has 3 aromatic heterocycles. The van der Waals surface area contributed by atoms with Crippen molar-refractivity contribution in [2.24, 2.45) is 0 Å². The highest BCUT2D eigenvalue weighted by molar-refractivity contribution is 5.91. The average molecular weight is 376 g/mol. The summed E-state index contributed by atoms with van der Waals surface area (Å²) < 4.78 is 5.85. The number of rotatable bonds is 6. The summed E-state index contributed by atoms with van der Waals surface area (Å²) in [5.74, 6) is -0.0396. The highest BCUT2D eigenvalue weighted by atomic mass is 16.1. The number of nitrogens with zero attached hydrogens (tertiary/aromatic N) is 5. The molecule has 0 bridgehead atoms. The molecule has 0 aliphatic rings. The normalized spacial score (nSPS) is 11.4. The Morgan fingerprint density at radius 3 is 2.71 bits per heavy atom. The van der Waals surface area contributed by atoms with E-state index >= 15 is 0 Å². The third kappa shape index (κ3) is 3.43. The minimum absolute atomic E-state index is 0.0396. The first kappa shape index (κ1) is 18.0. The maximum atomic E-state index is 12.5. The Balaban J connectivity index is 1.44. The molecule has 0 saturated heterocycles. The maximum Gasteiger partial charge on any atom is 0.226 e. The summed E-state index contributed by atoms with van der Waals surface area (Å²) >= 11 is 0. The molecule has 0 spiro atoms. The van der Waals surface area contributed by atoms with Crippen molar-refractivity contribution in [2.45, 2.75) is 39.8 Å². The van der Waals surface area contributed by atoms with Crippen LogP contribution in [-0.2, 0) is 11.3 Å². The number of carbonyl (C=O) groups excluding carboxylic acids is 1. The first-order valence-corrected chi connectivity index (χ1v) is 9.47. The van der Waals surface area contributed by atoms with E-state index < -0.39 is 0 Å². The number of hydrogen-bond acceptors (Lipinski definition) is 3. The summed E-state index contributed by atoms with van der Waals surface area (Å²) in [5, 5.41) is 12.0. The van der Waals surface area contributed by atoms with Crippen molar-refractivity contribution in [3.63, 3.8) is 0 Å². The van der Waals surface area contributed by atoms with Gasteiger partial charge in [-0.15, -0.1) is 0 Å². The first-order chi connectivity index (χ1) is 13.5. The van der Waals surface area contributed by atoms with E-state index in [1.54, 1.807) is 0 Å². The predicted molar refractivity (Wildman–Crippen MR) is 110 cm³/mol. The van der Waals surface area contributed by atoms with Crippen molar-refractivity contribution in [1.82, 2.24) is 24.1 Å². The van der Waals surface area contributed by atoms with E-state index in [4.69, 9.17) is 0 Å². The molecule has 0 atom stereocenters. The van der Waals surface area contributed by atoms with Crippen LogP contribution in [0, 0.1) is 6.92 Å². The molecule has 0 aliphatic heterocycles. The topological polar surface area (TPSA) is 69.7 Å². The first-order valence-electron chi connectivity index (χ1n) is 9.47.